The van der Waals surface area contributed by atoms with E-state index in [4.69, 9.17) is 19.9 Å². The second-order valence-electron chi connectivity index (χ2n) is 5.43. The summed E-state index contributed by atoms with van der Waals surface area (Å²) in [7, 11) is 4.70. The molecule has 0 aliphatic rings. The van der Waals surface area contributed by atoms with E-state index < -0.39 is 0 Å². The fraction of sp³-hybridized carbons (Fsp3) is 0.158. The maximum Gasteiger partial charge on any atom is 0.227 e. The largest absolute Gasteiger partial charge is 0.493 e. The second-order valence-corrected chi connectivity index (χ2v) is 5.43. The first-order valence-electron chi connectivity index (χ1n) is 7.90. The molecule has 1 heterocycles. The van der Waals surface area contributed by atoms with Gasteiger partial charge >= 0.3 is 0 Å². The van der Waals surface area contributed by atoms with Crippen LogP contribution in [0.15, 0.2) is 48.7 Å². The van der Waals surface area contributed by atoms with Crippen LogP contribution < -0.4 is 25.3 Å². The first-order chi connectivity index (χ1) is 12.6. The quantitative estimate of drug-likeness (QED) is 0.656. The van der Waals surface area contributed by atoms with Crippen LogP contribution in [0.3, 0.4) is 0 Å². The Hall–Kier alpha value is -3.48. The van der Waals surface area contributed by atoms with Gasteiger partial charge in [0, 0.05) is 35.3 Å². The summed E-state index contributed by atoms with van der Waals surface area (Å²) in [6.07, 6.45) is 1.69. The zero-order chi connectivity index (χ0) is 18.5. The van der Waals surface area contributed by atoms with Crippen molar-refractivity contribution in [2.75, 3.05) is 32.4 Å². The molecule has 0 radical (unpaired) electrons. The Balaban J connectivity index is 1.93. The molecule has 0 aliphatic carbocycles. The summed E-state index contributed by atoms with van der Waals surface area (Å²) in [6.45, 7) is 0. The zero-order valence-corrected chi connectivity index (χ0v) is 14.8. The van der Waals surface area contributed by atoms with Gasteiger partial charge in [0.2, 0.25) is 11.7 Å². The van der Waals surface area contributed by atoms with Crippen molar-refractivity contribution in [1.82, 2.24) is 9.97 Å². The van der Waals surface area contributed by atoms with Crippen LogP contribution in [0.25, 0.3) is 11.3 Å². The number of benzene rings is 2. The molecule has 7 nitrogen and oxygen atoms in total. The van der Waals surface area contributed by atoms with Crippen LogP contribution >= 0.6 is 0 Å². The van der Waals surface area contributed by atoms with Gasteiger partial charge in [-0.2, -0.15) is 0 Å². The average molecular weight is 352 g/mol. The van der Waals surface area contributed by atoms with E-state index in [2.05, 4.69) is 15.3 Å². The molecule has 0 saturated heterocycles. The van der Waals surface area contributed by atoms with Crippen molar-refractivity contribution in [3.05, 3.63) is 48.7 Å². The van der Waals surface area contributed by atoms with E-state index in [-0.39, 0.29) is 0 Å². The highest BCUT2D eigenvalue weighted by molar-refractivity contribution is 5.68. The highest BCUT2D eigenvalue weighted by atomic mass is 16.5. The molecule has 1 aromatic heterocycles. The average Bonchev–Trinajstić information content (AvgIpc) is 2.67. The Labute approximate surface area is 151 Å². The number of ether oxygens (including phenoxy) is 3. The van der Waals surface area contributed by atoms with Crippen LogP contribution in [-0.2, 0) is 0 Å². The Morgan fingerprint density at radius 3 is 2.27 bits per heavy atom. The van der Waals surface area contributed by atoms with E-state index in [0.717, 1.165) is 11.3 Å². The van der Waals surface area contributed by atoms with Gasteiger partial charge in [0.25, 0.3) is 0 Å². The lowest BCUT2D eigenvalue weighted by Gasteiger charge is -2.14. The van der Waals surface area contributed by atoms with Crippen LogP contribution in [0, 0.1) is 0 Å². The molecular weight excluding hydrogens is 332 g/mol. The SMILES string of the molecule is COc1cc(Nc2nccc(-c3cccc(N)c3)n2)cc(OC)c1OC. The molecule has 3 rings (SSSR count). The van der Waals surface area contributed by atoms with Gasteiger partial charge in [-0.05, 0) is 18.2 Å². The molecule has 0 aliphatic heterocycles. The smallest absolute Gasteiger partial charge is 0.227 e. The van der Waals surface area contributed by atoms with Gasteiger partial charge in [-0.1, -0.05) is 12.1 Å². The van der Waals surface area contributed by atoms with Crippen molar-refractivity contribution in [3.63, 3.8) is 0 Å². The minimum atomic E-state index is 0.444. The Kier molecular flexibility index (Phi) is 5.07. The van der Waals surface area contributed by atoms with Crippen molar-refractivity contribution < 1.29 is 14.2 Å². The number of nitrogens with one attached hydrogen (secondary N) is 1. The number of methoxy groups -OCH3 is 3. The number of nitrogens with zero attached hydrogens (tertiary/aromatic N) is 2. The lowest BCUT2D eigenvalue weighted by atomic mass is 10.1. The van der Waals surface area contributed by atoms with E-state index in [9.17, 15) is 0 Å². The molecule has 3 N–H and O–H groups in total. The zero-order valence-electron chi connectivity index (χ0n) is 14.8. The Morgan fingerprint density at radius 1 is 0.923 bits per heavy atom. The summed E-state index contributed by atoms with van der Waals surface area (Å²) < 4.78 is 16.1. The van der Waals surface area contributed by atoms with Crippen molar-refractivity contribution >= 4 is 17.3 Å². The first-order valence-corrected chi connectivity index (χ1v) is 7.90. The fourth-order valence-corrected chi connectivity index (χ4v) is 2.56. The molecule has 0 amide bonds. The molecule has 2 aromatic carbocycles. The number of nitrogens with two attached hydrogens (primary N) is 1. The van der Waals surface area contributed by atoms with Gasteiger partial charge in [0.1, 0.15) is 0 Å². The lowest BCUT2D eigenvalue weighted by Crippen LogP contribution is -2.01. The molecular formula is C19H20N4O3. The standard InChI is InChI=1S/C19H20N4O3/c1-24-16-10-14(11-17(25-2)18(16)26-3)22-19-21-8-7-15(23-19)12-5-4-6-13(20)9-12/h4-11H,20H2,1-3H3,(H,21,22,23). The van der Waals surface area contributed by atoms with E-state index in [0.29, 0.717) is 34.6 Å². The van der Waals surface area contributed by atoms with Crippen molar-refractivity contribution in [1.29, 1.82) is 0 Å². The first kappa shape index (κ1) is 17.3. The highest BCUT2D eigenvalue weighted by Gasteiger charge is 2.14. The van der Waals surface area contributed by atoms with Crippen molar-refractivity contribution in [2.45, 2.75) is 0 Å². The molecule has 0 fully saturated rings. The van der Waals surface area contributed by atoms with Crippen LogP contribution in [0.2, 0.25) is 0 Å². The summed E-state index contributed by atoms with van der Waals surface area (Å²) in [5.74, 6) is 2.05. The van der Waals surface area contributed by atoms with Gasteiger partial charge in [-0.15, -0.1) is 0 Å². The minimum Gasteiger partial charge on any atom is -0.493 e. The molecule has 0 spiro atoms. The number of hydrogen-bond acceptors (Lipinski definition) is 7. The second kappa shape index (κ2) is 7.60. The van der Waals surface area contributed by atoms with Crippen LogP contribution in [0.4, 0.5) is 17.3 Å². The summed E-state index contributed by atoms with van der Waals surface area (Å²) in [5.41, 5.74) is 8.93. The van der Waals surface area contributed by atoms with E-state index >= 15 is 0 Å². The predicted octanol–water partition coefficient (Wildman–Crippen LogP) is 3.50. The third kappa shape index (κ3) is 3.61. The van der Waals surface area contributed by atoms with Gasteiger partial charge < -0.3 is 25.3 Å². The van der Waals surface area contributed by atoms with Gasteiger partial charge in [-0.25, -0.2) is 9.97 Å². The third-order valence-corrected chi connectivity index (χ3v) is 3.76. The molecule has 0 unspecified atom stereocenters. The van der Waals surface area contributed by atoms with Gasteiger partial charge in [0.05, 0.1) is 27.0 Å². The van der Waals surface area contributed by atoms with Gasteiger partial charge in [-0.3, -0.25) is 0 Å². The topological polar surface area (TPSA) is 91.5 Å². The van der Waals surface area contributed by atoms with E-state index in [1.165, 1.54) is 0 Å². The molecule has 3 aromatic rings. The van der Waals surface area contributed by atoms with Gasteiger partial charge in [0.15, 0.2) is 11.5 Å². The monoisotopic (exact) mass is 352 g/mol. The normalized spacial score (nSPS) is 10.3. The number of anilines is 3. The molecule has 0 saturated carbocycles. The Morgan fingerprint density at radius 2 is 1.65 bits per heavy atom. The summed E-state index contributed by atoms with van der Waals surface area (Å²) >= 11 is 0. The molecule has 0 bridgehead atoms. The minimum absolute atomic E-state index is 0.444. The van der Waals surface area contributed by atoms with Crippen LogP contribution in [-0.4, -0.2) is 31.3 Å². The lowest BCUT2D eigenvalue weighted by molar-refractivity contribution is 0.324. The van der Waals surface area contributed by atoms with Crippen LogP contribution in [0.5, 0.6) is 17.2 Å². The molecule has 0 atom stereocenters. The number of rotatable bonds is 6. The van der Waals surface area contributed by atoms with E-state index in [1.807, 2.05) is 30.3 Å². The molecule has 7 heteroatoms. The fourth-order valence-electron chi connectivity index (χ4n) is 2.56. The van der Waals surface area contributed by atoms with Crippen molar-refractivity contribution in [2.24, 2.45) is 0 Å². The highest BCUT2D eigenvalue weighted by Crippen LogP contribution is 2.40. The maximum absolute atomic E-state index is 5.85. The van der Waals surface area contributed by atoms with Crippen molar-refractivity contribution in [3.8, 4) is 28.5 Å². The summed E-state index contributed by atoms with van der Waals surface area (Å²) in [5, 5.41) is 3.16. The van der Waals surface area contributed by atoms with Crippen LogP contribution in [0.1, 0.15) is 0 Å². The third-order valence-electron chi connectivity index (χ3n) is 3.76. The number of hydrogen-bond donors (Lipinski definition) is 2. The van der Waals surface area contributed by atoms with E-state index in [1.54, 1.807) is 39.7 Å². The number of nitrogen functional groups attached to an aromatic ring is 1. The maximum atomic E-state index is 5.85. The summed E-state index contributed by atoms with van der Waals surface area (Å²) in [4.78, 5) is 8.81. The summed E-state index contributed by atoms with van der Waals surface area (Å²) in [6, 6.07) is 12.9. The molecule has 26 heavy (non-hydrogen) atoms. The molecule has 134 valence electrons. The number of aromatic nitrogens is 2. The predicted molar refractivity (Wildman–Crippen MR) is 101 cm³/mol. The Bertz CT molecular complexity index is 890.